The summed E-state index contributed by atoms with van der Waals surface area (Å²) in [4.78, 5) is 52.5. The van der Waals surface area contributed by atoms with E-state index in [1.54, 1.807) is 36.0 Å². The summed E-state index contributed by atoms with van der Waals surface area (Å²) >= 11 is 1.61. The Labute approximate surface area is 184 Å². The summed E-state index contributed by atoms with van der Waals surface area (Å²) in [5.74, 6) is 0.171. The molecule has 0 bridgehead atoms. The number of nitrogens with one attached hydrogen (secondary N) is 2. The van der Waals surface area contributed by atoms with Crippen LogP contribution < -0.4 is 16.6 Å². The van der Waals surface area contributed by atoms with Crippen LogP contribution in [0.2, 0.25) is 0 Å². The van der Waals surface area contributed by atoms with E-state index in [0.717, 1.165) is 18.6 Å². The number of H-pyrrole nitrogens is 1. The van der Waals surface area contributed by atoms with Crippen molar-refractivity contribution >= 4 is 34.5 Å². The molecule has 1 aliphatic rings. The lowest BCUT2D eigenvalue weighted by Crippen LogP contribution is -2.45. The molecule has 2 aromatic rings. The number of methoxy groups -OCH3 is 1. The second kappa shape index (κ2) is 10.7. The Hall–Kier alpha value is -2.55. The molecule has 0 saturated heterocycles. The zero-order chi connectivity index (χ0) is 22.4. The van der Waals surface area contributed by atoms with Crippen LogP contribution >= 0.6 is 11.8 Å². The Kier molecular flexibility index (Phi) is 7.95. The summed E-state index contributed by atoms with van der Waals surface area (Å²) in [5.41, 5.74) is -0.150. The van der Waals surface area contributed by atoms with Crippen LogP contribution in [-0.2, 0) is 20.9 Å². The fourth-order valence-corrected chi connectivity index (χ4v) is 4.62. The molecule has 1 aromatic heterocycles. The molecule has 1 aliphatic carbocycles. The van der Waals surface area contributed by atoms with Gasteiger partial charge in [-0.15, -0.1) is 0 Å². The quantitative estimate of drug-likeness (QED) is 0.598. The van der Waals surface area contributed by atoms with Crippen molar-refractivity contribution in [2.75, 3.05) is 19.1 Å². The number of carbonyl (C=O) groups is 2. The monoisotopic (exact) mass is 447 g/mol. The molecule has 8 nitrogen and oxygen atoms in total. The van der Waals surface area contributed by atoms with Crippen LogP contribution in [0, 0.1) is 11.8 Å². The minimum atomic E-state index is -0.627. The Balaban J connectivity index is 1.60. The van der Waals surface area contributed by atoms with Crippen LogP contribution in [0.1, 0.15) is 32.1 Å². The van der Waals surface area contributed by atoms with Crippen molar-refractivity contribution in [2.45, 2.75) is 44.7 Å². The molecular formula is C22H29N3O5S. The molecule has 0 aliphatic heterocycles. The van der Waals surface area contributed by atoms with E-state index < -0.39 is 17.7 Å². The number of aromatic nitrogens is 2. The number of para-hydroxylation sites is 1. The molecule has 1 saturated carbocycles. The van der Waals surface area contributed by atoms with Crippen molar-refractivity contribution in [2.24, 2.45) is 11.8 Å². The van der Waals surface area contributed by atoms with Crippen molar-refractivity contribution in [1.29, 1.82) is 0 Å². The molecule has 1 fully saturated rings. The van der Waals surface area contributed by atoms with Crippen molar-refractivity contribution in [3.8, 4) is 0 Å². The molecule has 2 N–H and O–H groups in total. The number of carbonyl (C=O) groups excluding carboxylic acids is 2. The van der Waals surface area contributed by atoms with Crippen molar-refractivity contribution in [3.63, 3.8) is 0 Å². The molecule has 168 valence electrons. The highest BCUT2D eigenvalue weighted by molar-refractivity contribution is 7.98. The number of hydrogen-bond donors (Lipinski definition) is 2. The maximum Gasteiger partial charge on any atom is 0.328 e. The number of hydrogen-bond acceptors (Lipinski definition) is 6. The third kappa shape index (κ3) is 5.58. The topological polar surface area (TPSA) is 110 Å². The van der Waals surface area contributed by atoms with Gasteiger partial charge < -0.3 is 15.0 Å². The van der Waals surface area contributed by atoms with E-state index in [1.165, 1.54) is 11.7 Å². The number of aromatic amines is 1. The summed E-state index contributed by atoms with van der Waals surface area (Å²) < 4.78 is 6.07. The van der Waals surface area contributed by atoms with Crippen LogP contribution in [-0.4, -0.2) is 46.6 Å². The summed E-state index contributed by atoms with van der Waals surface area (Å²) in [5, 5.41) is 3.33. The first-order valence-corrected chi connectivity index (χ1v) is 11.9. The van der Waals surface area contributed by atoms with Crippen LogP contribution in [0.3, 0.4) is 0 Å². The average molecular weight is 448 g/mol. The van der Waals surface area contributed by atoms with Crippen molar-refractivity contribution < 1.29 is 14.3 Å². The minimum absolute atomic E-state index is 0.129. The van der Waals surface area contributed by atoms with E-state index in [4.69, 9.17) is 4.74 Å². The largest absolute Gasteiger partial charge is 0.467 e. The van der Waals surface area contributed by atoms with Gasteiger partial charge in [0, 0.05) is 12.5 Å². The second-order valence-electron chi connectivity index (χ2n) is 7.97. The smallest absolute Gasteiger partial charge is 0.328 e. The second-order valence-corrected chi connectivity index (χ2v) is 8.96. The average Bonchev–Trinajstić information content (AvgIpc) is 2.79. The molecule has 31 heavy (non-hydrogen) atoms. The molecule has 0 radical (unpaired) electrons. The lowest BCUT2D eigenvalue weighted by molar-refractivity contribution is -0.145. The Bertz CT molecular complexity index is 1040. The van der Waals surface area contributed by atoms with Crippen LogP contribution in [0.25, 0.3) is 10.9 Å². The van der Waals surface area contributed by atoms with E-state index in [2.05, 4.69) is 10.3 Å². The maximum absolute atomic E-state index is 12.7. The van der Waals surface area contributed by atoms with Crippen molar-refractivity contribution in [3.05, 3.63) is 45.1 Å². The number of thioether (sulfide) groups is 1. The van der Waals surface area contributed by atoms with Crippen molar-refractivity contribution in [1.82, 2.24) is 14.9 Å². The minimum Gasteiger partial charge on any atom is -0.467 e. The number of benzene rings is 1. The predicted molar refractivity (Wildman–Crippen MR) is 121 cm³/mol. The van der Waals surface area contributed by atoms with Crippen LogP contribution in [0.15, 0.2) is 33.9 Å². The highest BCUT2D eigenvalue weighted by Crippen LogP contribution is 2.30. The zero-order valence-electron chi connectivity index (χ0n) is 17.9. The van der Waals surface area contributed by atoms with Gasteiger partial charge in [0.25, 0.3) is 5.56 Å². The van der Waals surface area contributed by atoms with Gasteiger partial charge >= 0.3 is 11.7 Å². The number of esters is 1. The summed E-state index contributed by atoms with van der Waals surface area (Å²) in [6.07, 6.45) is 5.28. The summed E-state index contributed by atoms with van der Waals surface area (Å²) in [7, 11) is 1.32. The standard InChI is InChI=1S/C22H29N3O5S/c1-30-21(28)18(11-12-31-2)23-19(26)15-9-7-14(8-10-15)13-25-20(27)16-5-3-4-6-17(16)24-22(25)29/h3-6,14-15,18H,7-13H2,1-2H3,(H,23,26)(H,24,29)/t14?,15?,18-/m0/s1. The zero-order valence-corrected chi connectivity index (χ0v) is 18.7. The molecule has 3 rings (SSSR count). The van der Waals surface area contributed by atoms with Gasteiger partial charge in [-0.05, 0) is 62.2 Å². The number of amides is 1. The first-order valence-electron chi connectivity index (χ1n) is 10.5. The van der Waals surface area contributed by atoms with E-state index in [9.17, 15) is 19.2 Å². The highest BCUT2D eigenvalue weighted by atomic mass is 32.2. The number of nitrogens with zero attached hydrogens (tertiary/aromatic N) is 1. The molecule has 1 heterocycles. The van der Waals surface area contributed by atoms with E-state index in [1.807, 2.05) is 6.26 Å². The number of ether oxygens (including phenoxy) is 1. The molecule has 1 aromatic carbocycles. The van der Waals surface area contributed by atoms with E-state index in [0.29, 0.717) is 36.7 Å². The molecule has 1 atom stereocenters. The summed E-state index contributed by atoms with van der Waals surface area (Å²) in [6.45, 7) is 0.339. The van der Waals surface area contributed by atoms with Gasteiger partial charge in [0.2, 0.25) is 5.91 Å². The molecule has 9 heteroatoms. The van der Waals surface area contributed by atoms with E-state index in [-0.39, 0.29) is 23.3 Å². The predicted octanol–water partition coefficient (Wildman–Crippen LogP) is 1.91. The van der Waals surface area contributed by atoms with Gasteiger partial charge in [-0.25, -0.2) is 9.59 Å². The Morgan fingerprint density at radius 2 is 1.94 bits per heavy atom. The SMILES string of the molecule is COC(=O)[C@H](CCSC)NC(=O)C1CCC(Cn2c(=O)[nH]c3ccccc3c2=O)CC1. The Morgan fingerprint density at radius 3 is 2.61 bits per heavy atom. The molecular weight excluding hydrogens is 418 g/mol. The fraction of sp³-hybridized carbons (Fsp3) is 0.545. The van der Waals surface area contributed by atoms with Gasteiger partial charge in [-0.2, -0.15) is 11.8 Å². The third-order valence-electron chi connectivity index (χ3n) is 5.96. The first-order chi connectivity index (χ1) is 14.9. The third-order valence-corrected chi connectivity index (χ3v) is 6.60. The van der Waals surface area contributed by atoms with Gasteiger partial charge in [-0.1, -0.05) is 12.1 Å². The fourth-order valence-electron chi connectivity index (χ4n) is 4.15. The number of rotatable bonds is 8. The summed E-state index contributed by atoms with van der Waals surface area (Å²) in [6, 6.07) is 6.35. The van der Waals surface area contributed by atoms with Gasteiger partial charge in [0.15, 0.2) is 0 Å². The maximum atomic E-state index is 12.7. The molecule has 0 unspecified atom stereocenters. The lowest BCUT2D eigenvalue weighted by Gasteiger charge is -2.29. The molecule has 0 spiro atoms. The highest BCUT2D eigenvalue weighted by Gasteiger charge is 2.30. The van der Waals surface area contributed by atoms with Crippen LogP contribution in [0.5, 0.6) is 0 Å². The molecule has 1 amide bonds. The van der Waals surface area contributed by atoms with Gasteiger partial charge in [-0.3, -0.25) is 14.2 Å². The Morgan fingerprint density at radius 1 is 1.23 bits per heavy atom. The van der Waals surface area contributed by atoms with Gasteiger partial charge in [0.1, 0.15) is 6.04 Å². The van der Waals surface area contributed by atoms with Gasteiger partial charge in [0.05, 0.1) is 18.0 Å². The van der Waals surface area contributed by atoms with Crippen LogP contribution in [0.4, 0.5) is 0 Å². The normalized spacial score (nSPS) is 19.7. The van der Waals surface area contributed by atoms with E-state index >= 15 is 0 Å². The first kappa shape index (κ1) is 23.1. The lowest BCUT2D eigenvalue weighted by atomic mass is 9.81. The number of fused-ring (bicyclic) bond motifs is 1.